The molecule has 42 heavy (non-hydrogen) atoms. The number of fused-ring (bicyclic) bond motifs is 4. The summed E-state index contributed by atoms with van der Waals surface area (Å²) in [6.45, 7) is 0.792. The minimum atomic E-state index is -2.34. The molecule has 4 aliphatic rings. The number of piperazine rings is 1. The van der Waals surface area contributed by atoms with Gasteiger partial charge in [0, 0.05) is 18.2 Å². The number of carbonyl (C=O) groups excluding carboxylic acids is 2. The first-order valence-electron chi connectivity index (χ1n) is 13.9. The number of methoxy groups -OCH3 is 1. The highest BCUT2D eigenvalue weighted by molar-refractivity contribution is 6.26. The van der Waals surface area contributed by atoms with Crippen LogP contribution in [-0.2, 0) is 19.9 Å². The fourth-order valence-corrected chi connectivity index (χ4v) is 7.90. The summed E-state index contributed by atoms with van der Waals surface area (Å²) in [4.78, 5) is 31.2. The molecule has 8 heteroatoms. The van der Waals surface area contributed by atoms with Crippen LogP contribution in [-0.4, -0.2) is 75.1 Å². The molecule has 3 aromatic rings. The molecule has 0 amide bonds. The van der Waals surface area contributed by atoms with Crippen molar-refractivity contribution >= 4 is 11.6 Å². The van der Waals surface area contributed by atoms with E-state index in [4.69, 9.17) is 4.74 Å². The number of ether oxygens (including phenoxy) is 1. The lowest BCUT2D eigenvalue weighted by atomic mass is 9.72. The number of carbonyl (C=O) groups is 2. The smallest absolute Gasteiger partial charge is 0.229 e. The van der Waals surface area contributed by atoms with Crippen molar-refractivity contribution in [3.05, 3.63) is 130 Å². The van der Waals surface area contributed by atoms with Crippen LogP contribution in [0, 0.1) is 11.3 Å². The lowest BCUT2D eigenvalue weighted by molar-refractivity contribution is -0.121. The molecule has 2 N–H and O–H groups in total. The minimum absolute atomic E-state index is 0.0201. The molecule has 1 aliphatic carbocycles. The largest absolute Gasteiger partial charge is 0.492 e. The number of hydrogen-bond donors (Lipinski definition) is 2. The lowest BCUT2D eigenvalue weighted by Gasteiger charge is -2.46. The van der Waals surface area contributed by atoms with Crippen LogP contribution in [0.5, 0.6) is 0 Å². The van der Waals surface area contributed by atoms with Crippen LogP contribution in [0.15, 0.2) is 114 Å². The fraction of sp³-hybridized carbons (Fsp3) is 0.265. The average molecular weight is 560 g/mol. The Morgan fingerprint density at radius 1 is 0.929 bits per heavy atom. The third-order valence-electron chi connectivity index (χ3n) is 9.60. The number of allylic oxidation sites excluding steroid dienone is 2. The number of benzene rings is 3. The average Bonchev–Trinajstić information content (AvgIpc) is 3.54. The molecular formula is C34H29N3O5. The van der Waals surface area contributed by atoms with E-state index in [1.54, 1.807) is 4.90 Å². The molecule has 8 nitrogen and oxygen atoms in total. The van der Waals surface area contributed by atoms with Gasteiger partial charge in [-0.05, 0) is 23.6 Å². The standard InChI is InChI=1S/C34H29N3O5/c1-21-28(39)27-26(29(40)30(21)42-2)33(41,20-38)32(19-35)31-25(18-36(27)32)37(31)34(22-12-6-3-7-13-22,23-14-8-4-9-15-23)24-16-10-5-11-17-24/h3-17,25,31,38,41H,18,20H2,1-2H3/t25-,31-,32-,33-,37?/m0/s1. The number of ketones is 2. The van der Waals surface area contributed by atoms with Gasteiger partial charge in [0.1, 0.15) is 0 Å². The van der Waals surface area contributed by atoms with Crippen molar-refractivity contribution in [2.24, 2.45) is 0 Å². The molecule has 0 aromatic heterocycles. The van der Waals surface area contributed by atoms with E-state index in [1.165, 1.54) is 14.0 Å². The second-order valence-electron chi connectivity index (χ2n) is 11.3. The summed E-state index contributed by atoms with van der Waals surface area (Å²) in [6, 6.07) is 31.4. The maximum Gasteiger partial charge on any atom is 0.229 e. The van der Waals surface area contributed by atoms with Gasteiger partial charge in [0.2, 0.25) is 11.6 Å². The normalized spacial score (nSPS) is 29.7. The quantitative estimate of drug-likeness (QED) is 0.269. The molecule has 2 saturated heterocycles. The van der Waals surface area contributed by atoms with Gasteiger partial charge < -0.3 is 19.8 Å². The first-order chi connectivity index (χ1) is 20.3. The highest BCUT2D eigenvalue weighted by Crippen LogP contribution is 2.65. The highest BCUT2D eigenvalue weighted by atomic mass is 16.5. The van der Waals surface area contributed by atoms with Crippen molar-refractivity contribution in [2.45, 2.75) is 35.7 Å². The maximum absolute atomic E-state index is 13.7. The van der Waals surface area contributed by atoms with E-state index in [0.29, 0.717) is 0 Å². The Morgan fingerprint density at radius 3 is 1.86 bits per heavy atom. The van der Waals surface area contributed by atoms with E-state index in [1.807, 2.05) is 91.0 Å². The molecule has 0 radical (unpaired) electrons. The van der Waals surface area contributed by atoms with Gasteiger partial charge in [0.15, 0.2) is 16.9 Å². The van der Waals surface area contributed by atoms with E-state index < -0.39 is 40.9 Å². The Bertz CT molecular complexity index is 1630. The van der Waals surface area contributed by atoms with Crippen LogP contribution >= 0.6 is 0 Å². The summed E-state index contributed by atoms with van der Waals surface area (Å²) in [5.41, 5.74) is -2.31. The Labute approximate surface area is 243 Å². The second-order valence-corrected chi connectivity index (χ2v) is 11.3. The molecule has 0 bridgehead atoms. The first kappa shape index (κ1) is 26.4. The first-order valence-corrected chi connectivity index (χ1v) is 13.9. The molecular weight excluding hydrogens is 530 g/mol. The number of rotatable bonds is 6. The van der Waals surface area contributed by atoms with E-state index in [0.717, 1.165) is 16.7 Å². The fourth-order valence-electron chi connectivity index (χ4n) is 7.90. The lowest BCUT2D eigenvalue weighted by Crippen LogP contribution is -2.65. The summed E-state index contributed by atoms with van der Waals surface area (Å²) in [6.07, 6.45) is 0. The van der Waals surface area contributed by atoms with Gasteiger partial charge in [-0.2, -0.15) is 5.26 Å². The van der Waals surface area contributed by atoms with Gasteiger partial charge in [-0.15, -0.1) is 0 Å². The molecule has 5 atom stereocenters. The monoisotopic (exact) mass is 559 g/mol. The zero-order valence-corrected chi connectivity index (χ0v) is 23.2. The number of aliphatic hydroxyl groups excluding tert-OH is 1. The number of nitriles is 1. The van der Waals surface area contributed by atoms with E-state index in [-0.39, 0.29) is 35.2 Å². The predicted octanol–water partition coefficient (Wildman–Crippen LogP) is 2.67. The van der Waals surface area contributed by atoms with Gasteiger partial charge in [-0.1, -0.05) is 91.0 Å². The number of Topliss-reactive ketones (excluding diaryl/α,β-unsaturated/α-hetero) is 2. The Morgan fingerprint density at radius 2 is 1.43 bits per heavy atom. The second kappa shape index (κ2) is 8.97. The Hall–Kier alpha value is -4.55. The van der Waals surface area contributed by atoms with Crippen LogP contribution in [0.1, 0.15) is 23.6 Å². The molecule has 1 unspecified atom stereocenters. The highest BCUT2D eigenvalue weighted by Gasteiger charge is 2.83. The van der Waals surface area contributed by atoms with Crippen molar-refractivity contribution in [1.29, 1.82) is 5.26 Å². The van der Waals surface area contributed by atoms with Gasteiger partial charge in [0.05, 0.1) is 42.6 Å². The van der Waals surface area contributed by atoms with Gasteiger partial charge in [-0.25, -0.2) is 0 Å². The van der Waals surface area contributed by atoms with E-state index in [9.17, 15) is 25.1 Å². The number of nitrogens with zero attached hydrogens (tertiary/aromatic N) is 3. The molecule has 3 aromatic carbocycles. The number of hydrogen-bond acceptors (Lipinski definition) is 8. The zero-order chi connectivity index (χ0) is 29.4. The van der Waals surface area contributed by atoms with Crippen molar-refractivity contribution in [2.75, 3.05) is 20.3 Å². The van der Waals surface area contributed by atoms with Crippen LogP contribution in [0.4, 0.5) is 0 Å². The van der Waals surface area contributed by atoms with Crippen LogP contribution in [0.3, 0.4) is 0 Å². The van der Waals surface area contributed by atoms with Crippen LogP contribution < -0.4 is 0 Å². The summed E-state index contributed by atoms with van der Waals surface area (Å²) in [5.74, 6) is -1.36. The molecule has 210 valence electrons. The van der Waals surface area contributed by atoms with Gasteiger partial charge in [-0.3, -0.25) is 14.5 Å². The van der Waals surface area contributed by atoms with Gasteiger partial charge in [0.25, 0.3) is 0 Å². The predicted molar refractivity (Wildman–Crippen MR) is 152 cm³/mol. The topological polar surface area (TPSA) is 114 Å². The zero-order valence-electron chi connectivity index (χ0n) is 23.2. The summed E-state index contributed by atoms with van der Waals surface area (Å²) < 4.78 is 5.28. The molecule has 3 heterocycles. The SMILES string of the molecule is COC1=C(C)C(=O)C2=C(C1=O)[C@@](O)(CO)[C@]1(C#N)[C@@H]3[C@H](CN21)N3C(c1ccccc1)(c1ccccc1)c1ccccc1. The van der Waals surface area contributed by atoms with E-state index >= 15 is 0 Å². The Balaban J connectivity index is 1.47. The molecule has 0 spiro atoms. The molecule has 3 aliphatic heterocycles. The third-order valence-corrected chi connectivity index (χ3v) is 9.60. The van der Waals surface area contributed by atoms with Crippen molar-refractivity contribution in [3.63, 3.8) is 0 Å². The summed E-state index contributed by atoms with van der Waals surface area (Å²) >= 11 is 0. The number of aliphatic hydroxyl groups is 2. The van der Waals surface area contributed by atoms with Gasteiger partial charge >= 0.3 is 0 Å². The minimum Gasteiger partial charge on any atom is -0.492 e. The maximum atomic E-state index is 13.7. The third kappa shape index (κ3) is 2.90. The van der Waals surface area contributed by atoms with E-state index in [2.05, 4.69) is 11.0 Å². The van der Waals surface area contributed by atoms with Crippen molar-refractivity contribution in [3.8, 4) is 6.07 Å². The van der Waals surface area contributed by atoms with Crippen molar-refractivity contribution in [1.82, 2.24) is 9.80 Å². The Kier molecular flexibility index (Phi) is 5.63. The summed E-state index contributed by atoms with van der Waals surface area (Å²) in [7, 11) is 1.29. The van der Waals surface area contributed by atoms with Crippen LogP contribution in [0.25, 0.3) is 0 Å². The molecule has 2 fully saturated rings. The molecule has 0 saturated carbocycles. The molecule has 7 rings (SSSR count). The van der Waals surface area contributed by atoms with Crippen molar-refractivity contribution < 1.29 is 24.5 Å². The summed E-state index contributed by atoms with van der Waals surface area (Å²) in [5, 5.41) is 34.2. The van der Waals surface area contributed by atoms with Crippen LogP contribution in [0.2, 0.25) is 0 Å².